The fourth-order valence-electron chi connectivity index (χ4n) is 3.12. The zero-order chi connectivity index (χ0) is 20.3. The third kappa shape index (κ3) is 4.56. The monoisotopic (exact) mass is 410 g/mol. The number of benzene rings is 1. The Morgan fingerprint density at radius 2 is 1.79 bits per heavy atom. The number of nitrogens with one attached hydrogen (secondary N) is 2. The van der Waals surface area contributed by atoms with Crippen LogP contribution in [0.15, 0.2) is 41.4 Å². The fraction of sp³-hybridized carbons (Fsp3) is 0.333. The molecule has 0 unspecified atom stereocenters. The summed E-state index contributed by atoms with van der Waals surface area (Å²) in [5.74, 6) is -1.17. The van der Waals surface area contributed by atoms with Crippen molar-refractivity contribution in [1.82, 2.24) is 10.3 Å². The van der Waals surface area contributed by atoms with Gasteiger partial charge in [0.2, 0.25) is 5.91 Å². The normalized spacial score (nSPS) is 15.3. The topological polar surface area (TPSA) is 91.4 Å². The molecule has 1 fully saturated rings. The SMILES string of the molecule is CNC(=O)C1CCN(c2ccc(S(=O)(=O)Nc3cc(F)cc(F)c3)cn2)CC1. The van der Waals surface area contributed by atoms with E-state index in [9.17, 15) is 22.0 Å². The second-order valence-electron chi connectivity index (χ2n) is 6.49. The van der Waals surface area contributed by atoms with Gasteiger partial charge in [-0.3, -0.25) is 9.52 Å². The lowest BCUT2D eigenvalue weighted by Gasteiger charge is -2.31. The number of rotatable bonds is 5. The Bertz CT molecular complexity index is 939. The molecule has 2 aromatic rings. The number of nitrogens with zero attached hydrogens (tertiary/aromatic N) is 2. The molecule has 7 nitrogen and oxygen atoms in total. The lowest BCUT2D eigenvalue weighted by atomic mass is 9.96. The molecular weight excluding hydrogens is 390 g/mol. The number of pyridine rings is 1. The van der Waals surface area contributed by atoms with E-state index < -0.39 is 21.7 Å². The highest BCUT2D eigenvalue weighted by Crippen LogP contribution is 2.24. The highest BCUT2D eigenvalue weighted by Gasteiger charge is 2.25. The zero-order valence-corrected chi connectivity index (χ0v) is 16.0. The third-order valence-corrected chi connectivity index (χ3v) is 5.95. The van der Waals surface area contributed by atoms with Crippen molar-refractivity contribution < 1.29 is 22.0 Å². The molecule has 0 radical (unpaired) electrons. The first-order valence-corrected chi connectivity index (χ1v) is 10.2. The number of aromatic nitrogens is 1. The van der Waals surface area contributed by atoms with Crippen LogP contribution in [0.25, 0.3) is 0 Å². The van der Waals surface area contributed by atoms with Gasteiger partial charge in [0.15, 0.2) is 0 Å². The quantitative estimate of drug-likeness (QED) is 0.788. The Morgan fingerprint density at radius 1 is 1.14 bits per heavy atom. The summed E-state index contributed by atoms with van der Waals surface area (Å²) in [5, 5.41) is 2.65. The number of sulfonamides is 1. The predicted molar refractivity (Wildman–Crippen MR) is 100 cm³/mol. The first-order valence-electron chi connectivity index (χ1n) is 8.70. The van der Waals surface area contributed by atoms with Crippen LogP contribution in [0.1, 0.15) is 12.8 Å². The predicted octanol–water partition coefficient (Wildman–Crippen LogP) is 2.12. The molecule has 2 N–H and O–H groups in total. The summed E-state index contributed by atoms with van der Waals surface area (Å²) in [6.07, 6.45) is 2.57. The van der Waals surface area contributed by atoms with E-state index in [0.717, 1.165) is 12.1 Å². The van der Waals surface area contributed by atoms with E-state index in [4.69, 9.17) is 0 Å². The summed E-state index contributed by atoms with van der Waals surface area (Å²) in [6.45, 7) is 1.27. The van der Waals surface area contributed by atoms with Crippen molar-refractivity contribution >= 4 is 27.4 Å². The van der Waals surface area contributed by atoms with Gasteiger partial charge in [-0.05, 0) is 37.1 Å². The van der Waals surface area contributed by atoms with Crippen LogP contribution in [0.3, 0.4) is 0 Å². The second-order valence-corrected chi connectivity index (χ2v) is 8.17. The molecule has 0 spiro atoms. The van der Waals surface area contributed by atoms with Crippen LogP contribution in [-0.4, -0.2) is 39.4 Å². The van der Waals surface area contributed by atoms with Crippen LogP contribution < -0.4 is 14.9 Å². The van der Waals surface area contributed by atoms with Crippen molar-refractivity contribution in [2.45, 2.75) is 17.7 Å². The molecular formula is C18H20F2N4O3S. The van der Waals surface area contributed by atoms with Crippen molar-refractivity contribution in [1.29, 1.82) is 0 Å². The molecule has 2 heterocycles. The summed E-state index contributed by atoms with van der Waals surface area (Å²) >= 11 is 0. The lowest BCUT2D eigenvalue weighted by molar-refractivity contribution is -0.125. The summed E-state index contributed by atoms with van der Waals surface area (Å²) in [6, 6.07) is 5.38. The maximum absolute atomic E-state index is 13.2. The minimum absolute atomic E-state index is 0.0221. The van der Waals surface area contributed by atoms with Crippen LogP contribution in [0.2, 0.25) is 0 Å². The summed E-state index contributed by atoms with van der Waals surface area (Å²) in [7, 11) is -2.42. The summed E-state index contributed by atoms with van der Waals surface area (Å²) in [4.78, 5) is 17.7. The van der Waals surface area contributed by atoms with E-state index in [1.807, 2.05) is 4.90 Å². The van der Waals surface area contributed by atoms with E-state index in [0.29, 0.717) is 37.8 Å². The van der Waals surface area contributed by atoms with Crippen molar-refractivity contribution in [3.8, 4) is 0 Å². The molecule has 28 heavy (non-hydrogen) atoms. The molecule has 1 aliphatic heterocycles. The third-order valence-electron chi connectivity index (χ3n) is 4.58. The summed E-state index contributed by atoms with van der Waals surface area (Å²) in [5.41, 5.74) is -0.210. The molecule has 0 aliphatic carbocycles. The minimum Gasteiger partial charge on any atom is -0.359 e. The number of hydrogen-bond acceptors (Lipinski definition) is 5. The molecule has 1 aromatic heterocycles. The van der Waals surface area contributed by atoms with E-state index in [2.05, 4.69) is 15.0 Å². The van der Waals surface area contributed by atoms with Gasteiger partial charge in [-0.1, -0.05) is 0 Å². The van der Waals surface area contributed by atoms with Gasteiger partial charge in [0.1, 0.15) is 22.3 Å². The van der Waals surface area contributed by atoms with Crippen molar-refractivity contribution in [3.05, 3.63) is 48.2 Å². The average molecular weight is 410 g/mol. The Morgan fingerprint density at radius 3 is 2.32 bits per heavy atom. The molecule has 1 amide bonds. The van der Waals surface area contributed by atoms with E-state index in [1.54, 1.807) is 13.1 Å². The number of amides is 1. The maximum atomic E-state index is 13.2. The highest BCUT2D eigenvalue weighted by atomic mass is 32.2. The second kappa shape index (κ2) is 8.09. The van der Waals surface area contributed by atoms with Gasteiger partial charge < -0.3 is 10.2 Å². The van der Waals surface area contributed by atoms with Crippen LogP contribution in [0.4, 0.5) is 20.3 Å². The molecule has 0 saturated carbocycles. The van der Waals surface area contributed by atoms with E-state index in [1.165, 1.54) is 12.3 Å². The highest BCUT2D eigenvalue weighted by molar-refractivity contribution is 7.92. The van der Waals surface area contributed by atoms with Gasteiger partial charge in [-0.25, -0.2) is 22.2 Å². The molecule has 1 saturated heterocycles. The fourth-order valence-corrected chi connectivity index (χ4v) is 4.10. The number of carbonyl (C=O) groups excluding carboxylic acids is 1. The Balaban J connectivity index is 1.69. The smallest absolute Gasteiger partial charge is 0.263 e. The van der Waals surface area contributed by atoms with Crippen LogP contribution in [0, 0.1) is 17.6 Å². The van der Waals surface area contributed by atoms with Crippen LogP contribution in [0.5, 0.6) is 0 Å². The number of piperidine rings is 1. The standard InChI is InChI=1S/C18H20F2N4O3S/c1-21-18(25)12-4-6-24(7-5-12)17-3-2-16(11-22-17)28(26,27)23-15-9-13(19)8-14(20)10-15/h2-3,8-12,23H,4-7H2,1H3,(H,21,25). The first-order chi connectivity index (χ1) is 13.3. The number of carbonyl (C=O) groups is 1. The number of halogens is 2. The first kappa shape index (κ1) is 20.0. The summed E-state index contributed by atoms with van der Waals surface area (Å²) < 4.78 is 53.4. The molecule has 0 atom stereocenters. The average Bonchev–Trinajstić information content (AvgIpc) is 2.66. The Hall–Kier alpha value is -2.75. The van der Waals surface area contributed by atoms with Crippen molar-refractivity contribution in [2.24, 2.45) is 5.92 Å². The molecule has 150 valence electrons. The van der Waals surface area contributed by atoms with E-state index in [-0.39, 0.29) is 22.4 Å². The van der Waals surface area contributed by atoms with Crippen LogP contribution in [-0.2, 0) is 14.8 Å². The lowest BCUT2D eigenvalue weighted by Crippen LogP contribution is -2.39. The molecule has 1 aliphatic rings. The zero-order valence-electron chi connectivity index (χ0n) is 15.2. The van der Waals surface area contributed by atoms with Gasteiger partial charge in [0.25, 0.3) is 10.0 Å². The van der Waals surface area contributed by atoms with Gasteiger partial charge >= 0.3 is 0 Å². The molecule has 1 aromatic carbocycles. The number of anilines is 2. The molecule has 0 bridgehead atoms. The maximum Gasteiger partial charge on any atom is 0.263 e. The van der Waals surface area contributed by atoms with Crippen LogP contribution >= 0.6 is 0 Å². The van der Waals surface area contributed by atoms with Gasteiger partial charge in [-0.2, -0.15) is 0 Å². The minimum atomic E-state index is -4.04. The number of hydrogen-bond donors (Lipinski definition) is 2. The van der Waals surface area contributed by atoms with Gasteiger partial charge in [0.05, 0.1) is 5.69 Å². The van der Waals surface area contributed by atoms with Crippen molar-refractivity contribution in [2.75, 3.05) is 29.8 Å². The Kier molecular flexibility index (Phi) is 5.78. The van der Waals surface area contributed by atoms with Gasteiger partial charge in [-0.15, -0.1) is 0 Å². The van der Waals surface area contributed by atoms with E-state index >= 15 is 0 Å². The van der Waals surface area contributed by atoms with Gasteiger partial charge in [0, 0.05) is 38.3 Å². The Labute approximate surface area is 161 Å². The molecule has 10 heteroatoms. The largest absolute Gasteiger partial charge is 0.359 e. The molecule has 3 rings (SSSR count). The van der Waals surface area contributed by atoms with Crippen molar-refractivity contribution in [3.63, 3.8) is 0 Å².